The van der Waals surface area contributed by atoms with Crippen molar-refractivity contribution in [2.45, 2.75) is 39.8 Å². The summed E-state index contributed by atoms with van der Waals surface area (Å²) in [5.74, 6) is 0.348. The number of aryl methyl sites for hydroxylation is 4. The van der Waals surface area contributed by atoms with E-state index in [1.807, 2.05) is 49.0 Å². The Labute approximate surface area is 155 Å². The number of benzene rings is 1. The quantitative estimate of drug-likeness (QED) is 0.436. The van der Waals surface area contributed by atoms with Crippen LogP contribution >= 0.6 is 0 Å². The Hall–Kier alpha value is -3.22. The molecular formula is C20H21N5O2. The summed E-state index contributed by atoms with van der Waals surface area (Å²) in [5, 5.41) is 0. The van der Waals surface area contributed by atoms with E-state index in [9.17, 15) is 9.59 Å². The molecule has 7 nitrogen and oxygen atoms in total. The Morgan fingerprint density at radius 2 is 1.67 bits per heavy atom. The molecule has 7 heteroatoms. The maximum absolute atomic E-state index is 12.3. The Kier molecular flexibility index (Phi) is 4.35. The summed E-state index contributed by atoms with van der Waals surface area (Å²) >= 11 is 0. The molecule has 0 aliphatic carbocycles. The summed E-state index contributed by atoms with van der Waals surface area (Å²) in [4.78, 5) is 34.8. The highest BCUT2D eigenvalue weighted by Crippen LogP contribution is 2.24. The van der Waals surface area contributed by atoms with Crippen LogP contribution in [0.4, 0.5) is 0 Å². The van der Waals surface area contributed by atoms with Gasteiger partial charge in [0.2, 0.25) is 0 Å². The van der Waals surface area contributed by atoms with Gasteiger partial charge in [0.15, 0.2) is 11.5 Å². The van der Waals surface area contributed by atoms with Gasteiger partial charge < -0.3 is 9.13 Å². The van der Waals surface area contributed by atoms with Gasteiger partial charge in [-0.15, -0.1) is 0 Å². The maximum Gasteiger partial charge on any atom is 0.349 e. The smallest absolute Gasteiger partial charge is 0.349 e. The fourth-order valence-corrected chi connectivity index (χ4v) is 3.36. The molecule has 0 radical (unpaired) electrons. The number of aromatic amines is 1. The molecule has 138 valence electrons. The first kappa shape index (κ1) is 17.2. The minimum Gasteiger partial charge on any atom is -0.354 e. The van der Waals surface area contributed by atoms with Gasteiger partial charge in [0.25, 0.3) is 5.56 Å². The molecule has 0 saturated carbocycles. The Morgan fingerprint density at radius 3 is 2.44 bits per heavy atom. The molecule has 27 heavy (non-hydrogen) atoms. The summed E-state index contributed by atoms with van der Waals surface area (Å²) in [6, 6.07) is 8.05. The maximum atomic E-state index is 12.3. The first-order valence-electron chi connectivity index (χ1n) is 9.05. The molecular weight excluding hydrogens is 342 g/mol. The van der Waals surface area contributed by atoms with Crippen LogP contribution in [-0.2, 0) is 13.1 Å². The number of unbranched alkanes of at least 4 members (excludes halogenated alkanes) is 1. The van der Waals surface area contributed by atoms with Crippen molar-refractivity contribution in [2.24, 2.45) is 0 Å². The van der Waals surface area contributed by atoms with Crippen molar-refractivity contribution in [2.75, 3.05) is 0 Å². The second-order valence-electron chi connectivity index (χ2n) is 6.86. The van der Waals surface area contributed by atoms with Crippen LogP contribution in [0, 0.1) is 13.8 Å². The van der Waals surface area contributed by atoms with Gasteiger partial charge in [-0.2, -0.15) is 4.98 Å². The fraction of sp³-hybridized carbons (Fsp3) is 0.300. The zero-order chi connectivity index (χ0) is 19.0. The van der Waals surface area contributed by atoms with Gasteiger partial charge in [-0.1, -0.05) is 0 Å². The molecule has 0 spiro atoms. The Morgan fingerprint density at radius 1 is 0.963 bits per heavy atom. The van der Waals surface area contributed by atoms with Gasteiger partial charge in [-0.3, -0.25) is 9.78 Å². The molecule has 0 amide bonds. The topological polar surface area (TPSA) is 85.6 Å². The molecule has 0 saturated heterocycles. The van der Waals surface area contributed by atoms with Crippen LogP contribution in [0.1, 0.15) is 24.0 Å². The van der Waals surface area contributed by atoms with Gasteiger partial charge in [-0.05, 0) is 62.1 Å². The van der Waals surface area contributed by atoms with E-state index in [4.69, 9.17) is 0 Å². The van der Waals surface area contributed by atoms with E-state index >= 15 is 0 Å². The third-order valence-electron chi connectivity index (χ3n) is 4.94. The Bertz CT molecular complexity index is 1190. The molecule has 1 N–H and O–H groups in total. The first-order chi connectivity index (χ1) is 13.0. The van der Waals surface area contributed by atoms with Gasteiger partial charge in [-0.25, -0.2) is 9.78 Å². The van der Waals surface area contributed by atoms with Crippen molar-refractivity contribution in [3.63, 3.8) is 0 Å². The normalized spacial score (nSPS) is 11.5. The number of aromatic nitrogens is 5. The zero-order valence-corrected chi connectivity index (χ0v) is 15.4. The predicted molar refractivity (Wildman–Crippen MR) is 104 cm³/mol. The van der Waals surface area contributed by atoms with Crippen molar-refractivity contribution < 1.29 is 0 Å². The van der Waals surface area contributed by atoms with Gasteiger partial charge in [0.1, 0.15) is 0 Å². The molecule has 0 bridgehead atoms. The lowest BCUT2D eigenvalue weighted by atomic mass is 10.1. The SMILES string of the molecule is Cc1cc2nc3c(=O)[nH]c(=O)nc-3n(CCCCn3cccc3)c2cc1C. The number of H-pyrrole nitrogens is 1. The van der Waals surface area contributed by atoms with Gasteiger partial charge in [0.05, 0.1) is 11.0 Å². The van der Waals surface area contributed by atoms with Crippen LogP contribution in [0.15, 0.2) is 46.2 Å². The molecule has 4 rings (SSSR count). The van der Waals surface area contributed by atoms with E-state index in [1.165, 1.54) is 0 Å². The number of hydrogen-bond acceptors (Lipinski definition) is 4. The number of nitrogens with one attached hydrogen (secondary N) is 1. The van der Waals surface area contributed by atoms with Crippen LogP contribution < -0.4 is 11.2 Å². The third-order valence-corrected chi connectivity index (χ3v) is 4.94. The molecule has 0 fully saturated rings. The summed E-state index contributed by atoms with van der Waals surface area (Å²) in [6.07, 6.45) is 5.96. The number of rotatable bonds is 5. The highest BCUT2D eigenvalue weighted by Gasteiger charge is 2.18. The standard InChI is InChI=1S/C20H21N5O2/c1-13-11-15-16(12-14(13)2)25(10-6-5-9-24-7-3-4-8-24)18-17(21-15)19(26)23-20(27)22-18/h3-4,7-8,11-12H,5-6,9-10H2,1-2H3,(H,23,26,27). The summed E-state index contributed by atoms with van der Waals surface area (Å²) in [6.45, 7) is 5.65. The number of fused-ring (bicyclic) bond motifs is 2. The van der Waals surface area contributed by atoms with Crippen molar-refractivity contribution in [3.8, 4) is 11.5 Å². The van der Waals surface area contributed by atoms with E-state index in [1.54, 1.807) is 0 Å². The highest BCUT2D eigenvalue weighted by molar-refractivity contribution is 5.81. The summed E-state index contributed by atoms with van der Waals surface area (Å²) in [7, 11) is 0. The molecule has 0 unspecified atom stereocenters. The molecule has 0 atom stereocenters. The zero-order valence-electron chi connectivity index (χ0n) is 15.4. The second kappa shape index (κ2) is 6.83. The van der Waals surface area contributed by atoms with Crippen LogP contribution in [-0.4, -0.2) is 24.1 Å². The molecule has 1 aromatic heterocycles. The molecule has 1 aromatic carbocycles. The predicted octanol–water partition coefficient (Wildman–Crippen LogP) is 2.48. The van der Waals surface area contributed by atoms with Crippen molar-refractivity contribution >= 4 is 11.0 Å². The molecule has 2 aromatic rings. The van der Waals surface area contributed by atoms with Crippen LogP contribution in [0.25, 0.3) is 22.6 Å². The van der Waals surface area contributed by atoms with Crippen molar-refractivity contribution in [1.82, 2.24) is 24.1 Å². The van der Waals surface area contributed by atoms with E-state index in [-0.39, 0.29) is 5.69 Å². The molecule has 3 heterocycles. The van der Waals surface area contributed by atoms with E-state index in [0.29, 0.717) is 12.4 Å². The van der Waals surface area contributed by atoms with Crippen LogP contribution in [0.5, 0.6) is 0 Å². The van der Waals surface area contributed by atoms with Gasteiger partial charge >= 0.3 is 5.69 Å². The minimum absolute atomic E-state index is 0.204. The van der Waals surface area contributed by atoms with Crippen molar-refractivity contribution in [1.29, 1.82) is 0 Å². The van der Waals surface area contributed by atoms with Gasteiger partial charge in [0, 0.05) is 25.5 Å². The molecule has 2 aliphatic heterocycles. The highest BCUT2D eigenvalue weighted by atomic mass is 16.2. The van der Waals surface area contributed by atoms with E-state index in [2.05, 4.69) is 25.6 Å². The summed E-state index contributed by atoms with van der Waals surface area (Å²) in [5.41, 5.74) is 2.95. The monoisotopic (exact) mass is 363 g/mol. The lowest BCUT2D eigenvalue weighted by Gasteiger charge is -2.17. The minimum atomic E-state index is -0.640. The summed E-state index contributed by atoms with van der Waals surface area (Å²) < 4.78 is 4.09. The number of nitrogens with zero attached hydrogens (tertiary/aromatic N) is 4. The Balaban J connectivity index is 1.78. The fourth-order valence-electron chi connectivity index (χ4n) is 3.36. The molecule has 2 aliphatic rings. The van der Waals surface area contributed by atoms with E-state index in [0.717, 1.165) is 41.5 Å². The first-order valence-corrected chi connectivity index (χ1v) is 9.05. The van der Waals surface area contributed by atoms with Crippen LogP contribution in [0.2, 0.25) is 0 Å². The lowest BCUT2D eigenvalue weighted by molar-refractivity contribution is 0.558. The number of hydrogen-bond donors (Lipinski definition) is 1. The van der Waals surface area contributed by atoms with Crippen LogP contribution in [0.3, 0.4) is 0 Å². The largest absolute Gasteiger partial charge is 0.354 e. The second-order valence-corrected chi connectivity index (χ2v) is 6.86. The third kappa shape index (κ3) is 3.28. The van der Waals surface area contributed by atoms with Crippen molar-refractivity contribution in [3.05, 3.63) is 68.6 Å². The lowest BCUT2D eigenvalue weighted by Crippen LogP contribution is -2.29. The van der Waals surface area contributed by atoms with E-state index < -0.39 is 11.2 Å². The average Bonchev–Trinajstić information content (AvgIpc) is 3.13. The average molecular weight is 363 g/mol.